The zero-order valence-electron chi connectivity index (χ0n) is 22.0. The number of halogens is 2. The number of nitrogens with one attached hydrogen (secondary N) is 1. The average Bonchev–Trinajstić information content (AvgIpc) is 3.38. The molecule has 1 saturated carbocycles. The van der Waals surface area contributed by atoms with Gasteiger partial charge in [0.05, 0.1) is 40.0 Å². The molecule has 0 spiro atoms. The van der Waals surface area contributed by atoms with Crippen molar-refractivity contribution in [2.75, 3.05) is 29.5 Å². The first-order valence-corrected chi connectivity index (χ1v) is 15.9. The minimum absolute atomic E-state index is 0.0445. The molecule has 2 fully saturated rings. The molecule has 40 heavy (non-hydrogen) atoms. The standard InChI is InChI=1S/C28H31F2N5O3S2/c1-17(15-31)33-27(36)23-14-19(29)4-8-22(23)25-26(39-28(34-25)24-9-5-20(30)16-32-24)18-2-6-21(7-3-18)35-10-12-40(37,38)13-11-35/h2-3,5-7,9,16-17,19,22-23,37-38H,4,8,10-14H2,1H3,(H,33,36)/t17-,19+,22-,23-/m1/s1. The van der Waals surface area contributed by atoms with Gasteiger partial charge in [-0.25, -0.2) is 13.8 Å². The summed E-state index contributed by atoms with van der Waals surface area (Å²) in [6.45, 7) is 2.69. The van der Waals surface area contributed by atoms with E-state index < -0.39 is 34.5 Å². The maximum Gasteiger partial charge on any atom is 0.224 e. The van der Waals surface area contributed by atoms with Gasteiger partial charge in [-0.2, -0.15) is 15.9 Å². The molecule has 5 rings (SSSR count). The molecule has 0 radical (unpaired) electrons. The lowest BCUT2D eigenvalue weighted by Crippen LogP contribution is -2.41. The second-order valence-electron chi connectivity index (χ2n) is 10.3. The largest absolute Gasteiger partial charge is 0.368 e. The number of nitriles is 1. The first-order valence-electron chi connectivity index (χ1n) is 13.2. The second-order valence-corrected chi connectivity index (χ2v) is 13.7. The average molecular weight is 588 g/mol. The van der Waals surface area contributed by atoms with Gasteiger partial charge in [-0.3, -0.25) is 18.9 Å². The Hall–Kier alpha value is -3.11. The van der Waals surface area contributed by atoms with Crippen molar-refractivity contribution in [2.45, 2.75) is 44.3 Å². The molecule has 12 heteroatoms. The Balaban J connectivity index is 1.51. The van der Waals surface area contributed by atoms with E-state index in [-0.39, 0.29) is 18.2 Å². The summed E-state index contributed by atoms with van der Waals surface area (Å²) in [4.78, 5) is 25.2. The summed E-state index contributed by atoms with van der Waals surface area (Å²) in [6, 6.07) is 12.1. The maximum absolute atomic E-state index is 14.6. The van der Waals surface area contributed by atoms with Crippen LogP contribution in [0.4, 0.5) is 14.5 Å². The van der Waals surface area contributed by atoms with Crippen LogP contribution < -0.4 is 10.2 Å². The van der Waals surface area contributed by atoms with Gasteiger partial charge in [0.25, 0.3) is 0 Å². The Bertz CT molecular complexity index is 1380. The number of aromatic nitrogens is 2. The molecule has 3 heterocycles. The molecule has 8 nitrogen and oxygen atoms in total. The first-order chi connectivity index (χ1) is 19.1. The molecular weight excluding hydrogens is 556 g/mol. The molecule has 1 aliphatic carbocycles. The van der Waals surface area contributed by atoms with Crippen molar-refractivity contribution >= 4 is 33.5 Å². The van der Waals surface area contributed by atoms with Crippen molar-refractivity contribution in [3.8, 4) is 27.2 Å². The number of carbonyl (C=O) groups excluding carboxylic acids is 1. The predicted octanol–water partition coefficient (Wildman–Crippen LogP) is 5.83. The third kappa shape index (κ3) is 6.28. The Morgan fingerprint density at radius 1 is 1.20 bits per heavy atom. The monoisotopic (exact) mass is 587 g/mol. The molecule has 3 aromatic rings. The molecule has 0 unspecified atom stereocenters. The number of alkyl halides is 1. The van der Waals surface area contributed by atoms with Gasteiger partial charge in [-0.05, 0) is 56.0 Å². The van der Waals surface area contributed by atoms with Crippen molar-refractivity contribution in [3.05, 3.63) is 54.1 Å². The summed E-state index contributed by atoms with van der Waals surface area (Å²) in [7, 11) is -2.50. The van der Waals surface area contributed by atoms with E-state index in [4.69, 9.17) is 4.98 Å². The lowest BCUT2D eigenvalue weighted by molar-refractivity contribution is -0.127. The van der Waals surface area contributed by atoms with Crippen LogP contribution in [0.2, 0.25) is 0 Å². The highest BCUT2D eigenvalue weighted by Crippen LogP contribution is 2.47. The summed E-state index contributed by atoms with van der Waals surface area (Å²) >= 11 is 1.39. The quantitative estimate of drug-likeness (QED) is 0.332. The van der Waals surface area contributed by atoms with Crippen LogP contribution in [0.1, 0.15) is 37.8 Å². The Kier molecular flexibility index (Phi) is 8.37. The summed E-state index contributed by atoms with van der Waals surface area (Å²) in [5.74, 6) is -1.21. The van der Waals surface area contributed by atoms with Gasteiger partial charge >= 0.3 is 0 Å². The van der Waals surface area contributed by atoms with Crippen LogP contribution in [0.15, 0.2) is 42.6 Å². The van der Waals surface area contributed by atoms with E-state index in [9.17, 15) is 27.9 Å². The van der Waals surface area contributed by atoms with Crippen LogP contribution in [0, 0.1) is 23.1 Å². The van der Waals surface area contributed by atoms with E-state index in [1.807, 2.05) is 30.3 Å². The number of hydrogen-bond donors (Lipinski definition) is 3. The van der Waals surface area contributed by atoms with Crippen molar-refractivity contribution in [3.63, 3.8) is 0 Å². The SMILES string of the molecule is C[C@H](C#N)NC(=O)[C@@H]1C[C@@H](F)CC[C@H]1c1nc(-c2ccc(F)cn2)sc1-c1ccc(N2CCS(O)(O)CC2)cc1. The number of thiazole rings is 1. The van der Waals surface area contributed by atoms with Gasteiger partial charge in [0.1, 0.15) is 23.0 Å². The Labute approximate surface area is 237 Å². The molecular formula is C28H31F2N5O3S2. The van der Waals surface area contributed by atoms with Crippen molar-refractivity contribution in [1.29, 1.82) is 5.26 Å². The highest BCUT2D eigenvalue weighted by Gasteiger charge is 2.39. The fourth-order valence-corrected chi connectivity index (χ4v) is 7.65. The summed E-state index contributed by atoms with van der Waals surface area (Å²) in [6.07, 6.45) is 0.781. The minimum atomic E-state index is -2.50. The number of hydrogen-bond acceptors (Lipinski definition) is 8. The van der Waals surface area contributed by atoms with Crippen LogP contribution in [-0.2, 0) is 4.79 Å². The molecule has 2 aliphatic rings. The summed E-state index contributed by atoms with van der Waals surface area (Å²) in [5.41, 5.74) is 3.01. The fraction of sp³-hybridized carbons (Fsp3) is 0.429. The number of benzene rings is 1. The lowest BCUT2D eigenvalue weighted by Gasteiger charge is -2.41. The van der Waals surface area contributed by atoms with Crippen LogP contribution in [0.25, 0.3) is 21.1 Å². The van der Waals surface area contributed by atoms with Gasteiger partial charge in [0.15, 0.2) is 0 Å². The maximum atomic E-state index is 14.6. The first kappa shape index (κ1) is 28.4. The van der Waals surface area contributed by atoms with Gasteiger partial charge in [-0.1, -0.05) is 12.1 Å². The van der Waals surface area contributed by atoms with E-state index in [0.717, 1.165) is 22.3 Å². The molecule has 1 amide bonds. The molecule has 4 atom stereocenters. The van der Waals surface area contributed by atoms with Crippen LogP contribution >= 0.6 is 21.9 Å². The number of amides is 1. The van der Waals surface area contributed by atoms with Gasteiger partial charge in [0.2, 0.25) is 5.91 Å². The zero-order chi connectivity index (χ0) is 28.4. The predicted molar refractivity (Wildman–Crippen MR) is 154 cm³/mol. The second kappa shape index (κ2) is 11.8. The molecule has 2 aromatic heterocycles. The van der Waals surface area contributed by atoms with Crippen LogP contribution in [-0.4, -0.2) is 61.8 Å². The zero-order valence-corrected chi connectivity index (χ0v) is 23.6. The molecule has 212 valence electrons. The summed E-state index contributed by atoms with van der Waals surface area (Å²) in [5, 5.41) is 12.5. The van der Waals surface area contributed by atoms with Crippen molar-refractivity contribution in [2.24, 2.45) is 5.92 Å². The molecule has 1 saturated heterocycles. The Morgan fingerprint density at radius 2 is 1.93 bits per heavy atom. The number of carbonyl (C=O) groups is 1. The van der Waals surface area contributed by atoms with E-state index >= 15 is 0 Å². The summed E-state index contributed by atoms with van der Waals surface area (Å²) < 4.78 is 48.0. The Morgan fingerprint density at radius 3 is 2.58 bits per heavy atom. The van der Waals surface area contributed by atoms with Crippen molar-refractivity contribution < 1.29 is 22.7 Å². The van der Waals surface area contributed by atoms with E-state index in [2.05, 4.69) is 15.2 Å². The third-order valence-electron chi connectivity index (χ3n) is 7.50. The molecule has 1 aliphatic heterocycles. The highest BCUT2D eigenvalue weighted by atomic mass is 32.3. The smallest absolute Gasteiger partial charge is 0.224 e. The molecule has 1 aromatic carbocycles. The molecule has 3 N–H and O–H groups in total. The van der Waals surface area contributed by atoms with E-state index in [0.29, 0.717) is 53.8 Å². The number of nitrogens with zero attached hydrogens (tertiary/aromatic N) is 4. The van der Waals surface area contributed by atoms with E-state index in [1.54, 1.807) is 13.0 Å². The number of rotatable bonds is 6. The fourth-order valence-electron chi connectivity index (χ4n) is 5.30. The molecule has 0 bridgehead atoms. The topological polar surface area (TPSA) is 122 Å². The van der Waals surface area contributed by atoms with Crippen molar-refractivity contribution in [1.82, 2.24) is 15.3 Å². The number of anilines is 1. The highest BCUT2D eigenvalue weighted by molar-refractivity contribution is 8.24. The van der Waals surface area contributed by atoms with Gasteiger partial charge in [-0.15, -0.1) is 11.3 Å². The van der Waals surface area contributed by atoms with Crippen LogP contribution in [0.5, 0.6) is 0 Å². The van der Waals surface area contributed by atoms with Crippen LogP contribution in [0.3, 0.4) is 0 Å². The lowest BCUT2D eigenvalue weighted by atomic mass is 9.75. The number of pyridine rings is 1. The van der Waals surface area contributed by atoms with E-state index in [1.165, 1.54) is 17.4 Å². The minimum Gasteiger partial charge on any atom is -0.368 e. The van der Waals surface area contributed by atoms with Gasteiger partial charge in [0, 0.05) is 30.6 Å². The third-order valence-corrected chi connectivity index (χ3v) is 10.3. The van der Waals surface area contributed by atoms with Gasteiger partial charge < -0.3 is 10.2 Å². The normalized spacial score (nSPS) is 24.1.